The molecule has 110 valence electrons. The molecule has 0 amide bonds. The van der Waals surface area contributed by atoms with E-state index in [0.717, 1.165) is 0 Å². The smallest absolute Gasteiger partial charge is 0.187 e. The third kappa shape index (κ3) is 1.38. The number of ether oxygens (including phenoxy) is 4. The molecule has 5 saturated heterocycles. The summed E-state index contributed by atoms with van der Waals surface area (Å²) in [7, 11) is 0. The number of ketones is 1. The molecular formula is C13H17NO6. The van der Waals surface area contributed by atoms with E-state index >= 15 is 0 Å². The molecule has 0 N–H and O–H groups in total. The highest BCUT2D eigenvalue weighted by Crippen LogP contribution is 2.48. The summed E-state index contributed by atoms with van der Waals surface area (Å²) >= 11 is 0. The SMILES string of the molecule is CC1(C)O[C@@H]2[C@H]3[C@@H]4C(=O)[C@H]5CO[C@H](O5)[C@@H]4ON3C[C@@H]2O1. The lowest BCUT2D eigenvalue weighted by molar-refractivity contribution is -0.239. The van der Waals surface area contributed by atoms with Crippen LogP contribution in [0.1, 0.15) is 13.8 Å². The summed E-state index contributed by atoms with van der Waals surface area (Å²) in [6.45, 7) is 4.77. The molecule has 0 radical (unpaired) electrons. The van der Waals surface area contributed by atoms with E-state index in [-0.39, 0.29) is 36.1 Å². The second-order valence-corrected chi connectivity index (χ2v) is 6.55. The summed E-state index contributed by atoms with van der Waals surface area (Å²) in [5.41, 5.74) is 0. The standard InChI is InChI=1S/C13H17NO6/c1-13(2)18-5-3-14-8(10(5)19-13)7-9(15)6-4-16-12(17-6)11(7)20-14/h5-8,10-12H,3-4H2,1-2H3/t5-,6+,7+,8+,10-,11+,12+/m0/s1. The van der Waals surface area contributed by atoms with E-state index in [1.165, 1.54) is 0 Å². The molecule has 2 bridgehead atoms. The van der Waals surface area contributed by atoms with Crippen LogP contribution in [0.15, 0.2) is 0 Å². The zero-order chi connectivity index (χ0) is 13.6. The fraction of sp³-hybridized carbons (Fsp3) is 0.923. The average Bonchev–Trinajstić information content (AvgIpc) is 3.04. The lowest BCUT2D eigenvalue weighted by atomic mass is 9.84. The number of Topliss-reactive ketones (excluding diaryl/α,β-unsaturated/α-hetero) is 1. The van der Waals surface area contributed by atoms with Crippen LogP contribution in [-0.4, -0.2) is 66.5 Å². The number of carbonyl (C=O) groups excluding carboxylic acids is 1. The van der Waals surface area contributed by atoms with E-state index in [1.807, 2.05) is 18.9 Å². The number of carbonyl (C=O) groups is 1. The molecule has 0 aliphatic carbocycles. The molecule has 7 nitrogen and oxygen atoms in total. The van der Waals surface area contributed by atoms with Crippen LogP contribution in [0.25, 0.3) is 0 Å². The molecule has 0 aromatic heterocycles. The first kappa shape index (κ1) is 12.0. The van der Waals surface area contributed by atoms with Crippen LogP contribution in [0.5, 0.6) is 0 Å². The summed E-state index contributed by atoms with van der Waals surface area (Å²) in [4.78, 5) is 18.4. The van der Waals surface area contributed by atoms with Crippen molar-refractivity contribution < 1.29 is 28.6 Å². The number of hydrogen-bond acceptors (Lipinski definition) is 7. The molecular weight excluding hydrogens is 266 g/mol. The van der Waals surface area contributed by atoms with Gasteiger partial charge in [-0.25, -0.2) is 0 Å². The van der Waals surface area contributed by atoms with E-state index in [4.69, 9.17) is 23.8 Å². The Morgan fingerprint density at radius 3 is 2.95 bits per heavy atom. The van der Waals surface area contributed by atoms with Crippen LogP contribution in [0.2, 0.25) is 0 Å². The van der Waals surface area contributed by atoms with Crippen molar-refractivity contribution in [2.24, 2.45) is 5.92 Å². The van der Waals surface area contributed by atoms with Crippen molar-refractivity contribution in [3.63, 3.8) is 0 Å². The topological polar surface area (TPSA) is 66.5 Å². The summed E-state index contributed by atoms with van der Waals surface area (Å²) < 4.78 is 22.9. The minimum absolute atomic E-state index is 0.0369. The number of nitrogens with zero attached hydrogens (tertiary/aromatic N) is 1. The quantitative estimate of drug-likeness (QED) is 0.590. The van der Waals surface area contributed by atoms with E-state index in [1.54, 1.807) is 0 Å². The van der Waals surface area contributed by atoms with Gasteiger partial charge in [-0.2, -0.15) is 5.06 Å². The first-order valence-electron chi connectivity index (χ1n) is 7.13. The van der Waals surface area contributed by atoms with Crippen molar-refractivity contribution in [2.75, 3.05) is 13.2 Å². The first-order valence-corrected chi connectivity index (χ1v) is 7.13. The Morgan fingerprint density at radius 1 is 1.25 bits per heavy atom. The Bertz CT molecular complexity index is 481. The van der Waals surface area contributed by atoms with Crippen LogP contribution in [0.4, 0.5) is 0 Å². The fourth-order valence-corrected chi connectivity index (χ4v) is 4.18. The van der Waals surface area contributed by atoms with Gasteiger partial charge in [0.2, 0.25) is 0 Å². The molecule has 0 saturated carbocycles. The zero-order valence-electron chi connectivity index (χ0n) is 11.4. The maximum absolute atomic E-state index is 12.5. The number of fused-ring (bicyclic) bond motifs is 8. The maximum atomic E-state index is 12.5. The second kappa shape index (κ2) is 3.60. The highest BCUT2D eigenvalue weighted by molar-refractivity contribution is 5.88. The first-order chi connectivity index (χ1) is 9.53. The van der Waals surface area contributed by atoms with Crippen molar-refractivity contribution in [1.29, 1.82) is 0 Å². The number of hydrogen-bond donors (Lipinski definition) is 0. The summed E-state index contributed by atoms with van der Waals surface area (Å²) in [5.74, 6) is -0.762. The molecule has 5 fully saturated rings. The molecule has 7 atom stereocenters. The van der Waals surface area contributed by atoms with E-state index in [0.29, 0.717) is 13.2 Å². The Hall–Kier alpha value is -0.570. The van der Waals surface area contributed by atoms with Crippen LogP contribution in [-0.2, 0) is 28.6 Å². The van der Waals surface area contributed by atoms with Gasteiger partial charge in [0.25, 0.3) is 0 Å². The van der Waals surface area contributed by atoms with Crippen LogP contribution in [0.3, 0.4) is 0 Å². The Kier molecular flexibility index (Phi) is 2.16. The molecule has 5 rings (SSSR count). The minimum Gasteiger partial charge on any atom is -0.347 e. The van der Waals surface area contributed by atoms with E-state index < -0.39 is 18.2 Å². The monoisotopic (exact) mass is 283 g/mol. The van der Waals surface area contributed by atoms with Gasteiger partial charge in [0.05, 0.1) is 25.1 Å². The third-order valence-electron chi connectivity index (χ3n) is 4.85. The summed E-state index contributed by atoms with van der Waals surface area (Å²) in [6.07, 6.45) is -1.38. The van der Waals surface area contributed by atoms with E-state index in [9.17, 15) is 4.79 Å². The molecule has 7 heteroatoms. The zero-order valence-corrected chi connectivity index (χ0v) is 11.4. The Morgan fingerprint density at radius 2 is 2.10 bits per heavy atom. The molecule has 0 aromatic rings. The highest BCUT2D eigenvalue weighted by atomic mass is 16.8. The molecule has 0 unspecified atom stereocenters. The van der Waals surface area contributed by atoms with E-state index in [2.05, 4.69) is 0 Å². The predicted molar refractivity (Wildman–Crippen MR) is 62.3 cm³/mol. The lowest BCUT2D eigenvalue weighted by Gasteiger charge is -2.30. The number of hydroxylamine groups is 2. The van der Waals surface area contributed by atoms with Crippen LogP contribution < -0.4 is 0 Å². The number of rotatable bonds is 0. The van der Waals surface area contributed by atoms with Crippen molar-refractivity contribution in [2.45, 2.75) is 56.4 Å². The van der Waals surface area contributed by atoms with Crippen molar-refractivity contribution in [1.82, 2.24) is 5.06 Å². The molecule has 0 spiro atoms. The normalized spacial score (nSPS) is 55.9. The maximum Gasteiger partial charge on any atom is 0.187 e. The second-order valence-electron chi connectivity index (χ2n) is 6.55. The van der Waals surface area contributed by atoms with Gasteiger partial charge in [0, 0.05) is 0 Å². The predicted octanol–water partition coefficient (Wildman–Crippen LogP) is -0.555. The third-order valence-corrected chi connectivity index (χ3v) is 4.85. The van der Waals surface area contributed by atoms with Gasteiger partial charge in [0.1, 0.15) is 24.4 Å². The molecule has 0 aromatic carbocycles. The van der Waals surface area contributed by atoms with Gasteiger partial charge < -0.3 is 18.9 Å². The van der Waals surface area contributed by atoms with Gasteiger partial charge in [0.15, 0.2) is 17.9 Å². The average molecular weight is 283 g/mol. The summed E-state index contributed by atoms with van der Waals surface area (Å²) in [6, 6.07) is -0.0881. The van der Waals surface area contributed by atoms with Gasteiger partial charge in [-0.3, -0.25) is 9.63 Å². The highest BCUT2D eigenvalue weighted by Gasteiger charge is 2.67. The Labute approximate surface area is 116 Å². The molecule has 5 heterocycles. The molecule has 5 aliphatic rings. The van der Waals surface area contributed by atoms with Crippen molar-refractivity contribution in [3.8, 4) is 0 Å². The fourth-order valence-electron chi connectivity index (χ4n) is 4.18. The van der Waals surface area contributed by atoms with Crippen molar-refractivity contribution >= 4 is 5.78 Å². The van der Waals surface area contributed by atoms with Crippen LogP contribution >= 0.6 is 0 Å². The summed E-state index contributed by atoms with van der Waals surface area (Å²) in [5, 5.41) is 1.84. The minimum atomic E-state index is -0.594. The van der Waals surface area contributed by atoms with Crippen molar-refractivity contribution in [3.05, 3.63) is 0 Å². The van der Waals surface area contributed by atoms with Gasteiger partial charge >= 0.3 is 0 Å². The van der Waals surface area contributed by atoms with Gasteiger partial charge in [-0.1, -0.05) is 0 Å². The molecule has 20 heavy (non-hydrogen) atoms. The largest absolute Gasteiger partial charge is 0.347 e. The molecule has 5 aliphatic heterocycles. The van der Waals surface area contributed by atoms with Gasteiger partial charge in [-0.15, -0.1) is 0 Å². The van der Waals surface area contributed by atoms with Gasteiger partial charge in [-0.05, 0) is 13.8 Å². The lowest BCUT2D eigenvalue weighted by Crippen LogP contribution is -2.51. The Balaban J connectivity index is 1.50. The van der Waals surface area contributed by atoms with Crippen LogP contribution in [0, 0.1) is 5.92 Å².